The van der Waals surface area contributed by atoms with Gasteiger partial charge in [0, 0.05) is 29.7 Å². The third kappa shape index (κ3) is 3.68. The van der Waals surface area contributed by atoms with Crippen molar-refractivity contribution in [2.45, 2.75) is 38.4 Å². The van der Waals surface area contributed by atoms with Crippen LogP contribution in [-0.4, -0.2) is 18.6 Å². The molecule has 3 N–H and O–H groups in total. The van der Waals surface area contributed by atoms with Crippen LogP contribution in [-0.2, 0) is 0 Å². The lowest BCUT2D eigenvalue weighted by atomic mass is 10.0. The van der Waals surface area contributed by atoms with Crippen LogP contribution in [0.15, 0.2) is 24.3 Å². The van der Waals surface area contributed by atoms with Gasteiger partial charge in [-0.3, -0.25) is 5.43 Å². The molecule has 3 nitrogen and oxygen atoms in total. The lowest BCUT2D eigenvalue weighted by Crippen LogP contribution is -2.40. The van der Waals surface area contributed by atoms with Gasteiger partial charge in [-0.25, -0.2) is 5.43 Å². The molecule has 1 aliphatic heterocycles. The van der Waals surface area contributed by atoms with Crippen molar-refractivity contribution in [1.29, 1.82) is 0 Å². The Morgan fingerprint density at radius 3 is 2.65 bits per heavy atom. The van der Waals surface area contributed by atoms with Gasteiger partial charge in [0.25, 0.3) is 0 Å². The van der Waals surface area contributed by atoms with Crippen LogP contribution in [0.4, 0.5) is 0 Å². The normalized spacial score (nSPS) is 24.5. The first-order valence-corrected chi connectivity index (χ1v) is 6.53. The largest absolute Gasteiger partial charge is 0.313 e. The van der Waals surface area contributed by atoms with Gasteiger partial charge in [-0.05, 0) is 24.1 Å². The number of rotatable bonds is 4. The Kier molecular flexibility index (Phi) is 4.40. The first kappa shape index (κ1) is 12.8. The van der Waals surface area contributed by atoms with Crippen molar-refractivity contribution in [2.75, 3.05) is 6.54 Å². The Bertz CT molecular complexity index is 350. The van der Waals surface area contributed by atoms with E-state index in [0.29, 0.717) is 18.1 Å². The number of hydrogen-bond acceptors (Lipinski definition) is 3. The molecular weight excluding hydrogens is 234 g/mol. The number of halogens is 1. The third-order valence-corrected chi connectivity index (χ3v) is 3.28. The van der Waals surface area contributed by atoms with Crippen LogP contribution in [0.25, 0.3) is 0 Å². The second kappa shape index (κ2) is 5.83. The number of nitrogens with one attached hydrogen (secondary N) is 3. The minimum atomic E-state index is 0.381. The summed E-state index contributed by atoms with van der Waals surface area (Å²) in [5, 5.41) is 4.23. The molecule has 0 bridgehead atoms. The molecule has 0 amide bonds. The second-order valence-electron chi connectivity index (χ2n) is 4.89. The molecule has 0 aliphatic carbocycles. The summed E-state index contributed by atoms with van der Waals surface area (Å²) in [6.45, 7) is 5.33. The summed E-state index contributed by atoms with van der Waals surface area (Å²) in [5.41, 5.74) is 7.95. The summed E-state index contributed by atoms with van der Waals surface area (Å²) in [5.74, 6) is 0. The molecule has 1 aliphatic rings. The van der Waals surface area contributed by atoms with Crippen molar-refractivity contribution in [3.63, 3.8) is 0 Å². The minimum absolute atomic E-state index is 0.381. The molecule has 2 rings (SSSR count). The molecule has 94 valence electrons. The lowest BCUT2D eigenvalue weighted by Gasteiger charge is -2.13. The molecule has 2 atom stereocenters. The van der Waals surface area contributed by atoms with Gasteiger partial charge in [-0.15, -0.1) is 0 Å². The van der Waals surface area contributed by atoms with E-state index in [1.54, 1.807) is 0 Å². The van der Waals surface area contributed by atoms with E-state index in [2.05, 4.69) is 42.1 Å². The Labute approximate surface area is 108 Å². The standard InChI is InChI=1S/C13H20ClN3/c1-9(2)15-8-12-7-13(17-16-12)10-3-5-11(14)6-4-10/h3-6,9,12-13,15-17H,7-8H2,1-2H3. The molecule has 0 spiro atoms. The van der Waals surface area contributed by atoms with Crippen LogP contribution in [0.5, 0.6) is 0 Å². The van der Waals surface area contributed by atoms with Gasteiger partial charge in [-0.1, -0.05) is 37.6 Å². The molecule has 0 aromatic heterocycles. The van der Waals surface area contributed by atoms with Gasteiger partial charge in [0.1, 0.15) is 0 Å². The fourth-order valence-electron chi connectivity index (χ4n) is 2.05. The highest BCUT2D eigenvalue weighted by Crippen LogP contribution is 2.23. The minimum Gasteiger partial charge on any atom is -0.313 e. The molecule has 17 heavy (non-hydrogen) atoms. The topological polar surface area (TPSA) is 36.1 Å². The zero-order chi connectivity index (χ0) is 12.3. The molecule has 0 radical (unpaired) electrons. The molecule has 1 aromatic rings. The van der Waals surface area contributed by atoms with E-state index in [1.165, 1.54) is 5.56 Å². The van der Waals surface area contributed by atoms with Gasteiger partial charge >= 0.3 is 0 Å². The Hall–Kier alpha value is -0.610. The van der Waals surface area contributed by atoms with Crippen molar-refractivity contribution < 1.29 is 0 Å². The zero-order valence-corrected chi connectivity index (χ0v) is 11.1. The summed E-state index contributed by atoms with van der Waals surface area (Å²) in [6, 6.07) is 9.45. The fraction of sp³-hybridized carbons (Fsp3) is 0.538. The predicted molar refractivity (Wildman–Crippen MR) is 72.0 cm³/mol. The Morgan fingerprint density at radius 2 is 2.00 bits per heavy atom. The van der Waals surface area contributed by atoms with Crippen LogP contribution >= 0.6 is 11.6 Å². The van der Waals surface area contributed by atoms with E-state index < -0.39 is 0 Å². The maximum Gasteiger partial charge on any atom is 0.0478 e. The van der Waals surface area contributed by atoms with Crippen molar-refractivity contribution >= 4 is 11.6 Å². The molecule has 1 saturated heterocycles. The van der Waals surface area contributed by atoms with Crippen molar-refractivity contribution in [2.24, 2.45) is 0 Å². The van der Waals surface area contributed by atoms with Gasteiger partial charge in [0.05, 0.1) is 0 Å². The van der Waals surface area contributed by atoms with Crippen LogP contribution in [0.3, 0.4) is 0 Å². The smallest absolute Gasteiger partial charge is 0.0478 e. The highest BCUT2D eigenvalue weighted by Gasteiger charge is 2.24. The van der Waals surface area contributed by atoms with Crippen LogP contribution in [0.1, 0.15) is 31.9 Å². The monoisotopic (exact) mass is 253 g/mol. The first-order valence-electron chi connectivity index (χ1n) is 6.15. The second-order valence-corrected chi connectivity index (χ2v) is 5.32. The molecule has 1 aromatic carbocycles. The van der Waals surface area contributed by atoms with Crippen LogP contribution < -0.4 is 16.2 Å². The van der Waals surface area contributed by atoms with Crippen molar-refractivity contribution in [3.8, 4) is 0 Å². The van der Waals surface area contributed by atoms with Crippen LogP contribution in [0.2, 0.25) is 5.02 Å². The van der Waals surface area contributed by atoms with Gasteiger partial charge < -0.3 is 5.32 Å². The zero-order valence-electron chi connectivity index (χ0n) is 10.3. The SMILES string of the molecule is CC(C)NCC1CC(c2ccc(Cl)cc2)NN1. The van der Waals surface area contributed by atoms with Crippen LogP contribution in [0, 0.1) is 0 Å². The molecule has 0 saturated carbocycles. The van der Waals surface area contributed by atoms with Gasteiger partial charge in [0.2, 0.25) is 0 Å². The van der Waals surface area contributed by atoms with Crippen molar-refractivity contribution in [3.05, 3.63) is 34.9 Å². The van der Waals surface area contributed by atoms with Gasteiger partial charge in [-0.2, -0.15) is 0 Å². The van der Waals surface area contributed by atoms with E-state index in [1.807, 2.05) is 12.1 Å². The van der Waals surface area contributed by atoms with E-state index in [4.69, 9.17) is 11.6 Å². The number of benzene rings is 1. The van der Waals surface area contributed by atoms with E-state index in [9.17, 15) is 0 Å². The summed E-state index contributed by atoms with van der Waals surface area (Å²) >= 11 is 5.89. The Morgan fingerprint density at radius 1 is 1.29 bits per heavy atom. The summed E-state index contributed by atoms with van der Waals surface area (Å²) in [7, 11) is 0. The maximum atomic E-state index is 5.89. The van der Waals surface area contributed by atoms with Crippen molar-refractivity contribution in [1.82, 2.24) is 16.2 Å². The summed E-state index contributed by atoms with van der Waals surface area (Å²) in [4.78, 5) is 0. The average Bonchev–Trinajstić information content (AvgIpc) is 2.76. The van der Waals surface area contributed by atoms with E-state index in [0.717, 1.165) is 18.0 Å². The number of hydrazine groups is 1. The highest BCUT2D eigenvalue weighted by atomic mass is 35.5. The lowest BCUT2D eigenvalue weighted by molar-refractivity contribution is 0.478. The maximum absolute atomic E-state index is 5.89. The van der Waals surface area contributed by atoms with E-state index >= 15 is 0 Å². The molecule has 1 fully saturated rings. The molecule has 4 heteroatoms. The Balaban J connectivity index is 1.87. The first-order chi connectivity index (χ1) is 8.15. The fourth-order valence-corrected chi connectivity index (χ4v) is 2.17. The third-order valence-electron chi connectivity index (χ3n) is 3.03. The summed E-state index contributed by atoms with van der Waals surface area (Å²) in [6.07, 6.45) is 1.10. The molecule has 1 heterocycles. The average molecular weight is 254 g/mol. The molecular formula is C13H20ClN3. The molecule has 2 unspecified atom stereocenters. The predicted octanol–water partition coefficient (Wildman–Crippen LogP) is 2.25. The quantitative estimate of drug-likeness (QED) is 0.770. The number of hydrogen-bond donors (Lipinski definition) is 3. The van der Waals surface area contributed by atoms with E-state index in [-0.39, 0.29) is 0 Å². The van der Waals surface area contributed by atoms with Gasteiger partial charge in [0.15, 0.2) is 0 Å². The highest BCUT2D eigenvalue weighted by molar-refractivity contribution is 6.30. The summed E-state index contributed by atoms with van der Waals surface area (Å²) < 4.78 is 0.